The first-order valence-electron chi connectivity index (χ1n) is 12.4. The van der Waals surface area contributed by atoms with Gasteiger partial charge in [0.15, 0.2) is 0 Å². The van der Waals surface area contributed by atoms with Crippen LogP contribution in [0.2, 0.25) is 5.02 Å². The topological polar surface area (TPSA) is 89.8 Å². The normalized spacial score (nSPS) is 16.5. The summed E-state index contributed by atoms with van der Waals surface area (Å²) in [6, 6.07) is 9.41. The predicted octanol–water partition coefficient (Wildman–Crippen LogP) is 4.96. The number of carbonyl (C=O) groups is 2. The molecular weight excluding hydrogens is 478 g/mol. The zero-order valence-corrected chi connectivity index (χ0v) is 21.8. The summed E-state index contributed by atoms with van der Waals surface area (Å²) in [5, 5.41) is 10.2. The summed E-state index contributed by atoms with van der Waals surface area (Å²) in [5.74, 6) is 0.552. The minimum absolute atomic E-state index is 0.0389. The molecule has 4 rings (SSSR count). The van der Waals surface area contributed by atoms with Crippen LogP contribution >= 0.6 is 11.6 Å². The lowest BCUT2D eigenvalue weighted by atomic mass is 10.0. The number of amides is 2. The molecule has 0 spiro atoms. The number of halogens is 1. The first kappa shape index (κ1) is 25.8. The molecule has 2 aliphatic rings. The van der Waals surface area contributed by atoms with E-state index in [4.69, 9.17) is 16.3 Å². The van der Waals surface area contributed by atoms with Crippen LogP contribution in [-0.2, 0) is 4.74 Å². The van der Waals surface area contributed by atoms with Gasteiger partial charge in [-0.1, -0.05) is 17.7 Å². The number of piperazine rings is 1. The van der Waals surface area contributed by atoms with Gasteiger partial charge in [-0.2, -0.15) is 5.26 Å². The van der Waals surface area contributed by atoms with Crippen molar-refractivity contribution in [1.29, 1.82) is 5.26 Å². The zero-order valence-electron chi connectivity index (χ0n) is 21.1. The van der Waals surface area contributed by atoms with Gasteiger partial charge in [0.1, 0.15) is 17.5 Å². The van der Waals surface area contributed by atoms with Crippen molar-refractivity contribution in [3.8, 4) is 17.2 Å². The van der Waals surface area contributed by atoms with Gasteiger partial charge in [0, 0.05) is 51.0 Å². The summed E-state index contributed by atoms with van der Waals surface area (Å²) >= 11 is 6.52. The molecule has 2 aromatic rings. The molecule has 0 radical (unpaired) electrons. The van der Waals surface area contributed by atoms with Crippen molar-refractivity contribution in [2.45, 2.75) is 45.6 Å². The molecule has 8 nitrogen and oxygen atoms in total. The van der Waals surface area contributed by atoms with Crippen LogP contribution < -0.4 is 4.90 Å². The second-order valence-electron chi connectivity index (χ2n) is 10.2. The Balaban J connectivity index is 1.47. The smallest absolute Gasteiger partial charge is 0.410 e. The van der Waals surface area contributed by atoms with Crippen molar-refractivity contribution in [3.05, 3.63) is 46.6 Å². The molecule has 0 unspecified atom stereocenters. The number of ether oxygens (including phenoxy) is 1. The largest absolute Gasteiger partial charge is 0.444 e. The number of aromatic nitrogens is 1. The van der Waals surface area contributed by atoms with E-state index in [-0.39, 0.29) is 12.0 Å². The first-order chi connectivity index (χ1) is 17.2. The minimum Gasteiger partial charge on any atom is -0.444 e. The Hall–Kier alpha value is -3.31. The number of piperidine rings is 1. The molecule has 3 heterocycles. The Morgan fingerprint density at radius 1 is 0.972 bits per heavy atom. The third kappa shape index (κ3) is 5.90. The minimum atomic E-state index is -0.540. The van der Waals surface area contributed by atoms with Gasteiger partial charge in [-0.15, -0.1) is 0 Å². The molecule has 9 heteroatoms. The highest BCUT2D eigenvalue weighted by Crippen LogP contribution is 2.30. The zero-order chi connectivity index (χ0) is 25.9. The van der Waals surface area contributed by atoms with E-state index in [0.29, 0.717) is 48.1 Å². The summed E-state index contributed by atoms with van der Waals surface area (Å²) in [4.78, 5) is 35.4. The SMILES string of the molecule is CC(C)(C)OC(=O)N1CCN(c2ncc(-c3ccc(C(=O)N4CCCCC4)c(Cl)c3)cc2C#N)CC1. The molecule has 2 fully saturated rings. The van der Waals surface area contributed by atoms with Gasteiger partial charge in [-0.05, 0) is 63.8 Å². The van der Waals surface area contributed by atoms with Crippen molar-refractivity contribution in [2.75, 3.05) is 44.2 Å². The van der Waals surface area contributed by atoms with Crippen molar-refractivity contribution < 1.29 is 14.3 Å². The Morgan fingerprint density at radius 3 is 2.28 bits per heavy atom. The Morgan fingerprint density at radius 2 is 1.67 bits per heavy atom. The third-order valence-electron chi connectivity index (χ3n) is 6.39. The summed E-state index contributed by atoms with van der Waals surface area (Å²) in [5.41, 5.74) is 1.95. The monoisotopic (exact) mass is 509 g/mol. The third-order valence-corrected chi connectivity index (χ3v) is 6.71. The number of nitrogens with zero attached hydrogens (tertiary/aromatic N) is 5. The van der Waals surface area contributed by atoms with Crippen LogP contribution in [0, 0.1) is 11.3 Å². The second kappa shape index (κ2) is 10.8. The number of carbonyl (C=O) groups excluding carboxylic acids is 2. The molecule has 0 N–H and O–H groups in total. The number of anilines is 1. The Bertz CT molecular complexity index is 1170. The Labute approximate surface area is 217 Å². The quantitative estimate of drug-likeness (QED) is 0.581. The fourth-order valence-corrected chi connectivity index (χ4v) is 4.77. The van der Waals surface area contributed by atoms with Crippen LogP contribution in [0.3, 0.4) is 0 Å². The van der Waals surface area contributed by atoms with E-state index in [0.717, 1.165) is 43.5 Å². The molecule has 0 atom stereocenters. The van der Waals surface area contributed by atoms with Gasteiger partial charge in [0.05, 0.1) is 16.1 Å². The predicted molar refractivity (Wildman–Crippen MR) is 139 cm³/mol. The van der Waals surface area contributed by atoms with E-state index in [1.165, 1.54) is 0 Å². The number of likely N-dealkylation sites (tertiary alicyclic amines) is 1. The summed E-state index contributed by atoms with van der Waals surface area (Å²) < 4.78 is 5.46. The number of nitriles is 1. The van der Waals surface area contributed by atoms with E-state index in [9.17, 15) is 14.9 Å². The maximum atomic E-state index is 12.9. The van der Waals surface area contributed by atoms with E-state index in [1.54, 1.807) is 29.3 Å². The summed E-state index contributed by atoms with van der Waals surface area (Å²) in [6.07, 6.45) is 4.58. The molecule has 1 aromatic heterocycles. The number of benzene rings is 1. The number of rotatable bonds is 3. The summed E-state index contributed by atoms with van der Waals surface area (Å²) in [7, 11) is 0. The number of hydrogen-bond acceptors (Lipinski definition) is 6. The molecule has 2 amide bonds. The van der Waals surface area contributed by atoms with Gasteiger partial charge in [0.25, 0.3) is 5.91 Å². The van der Waals surface area contributed by atoms with Crippen LogP contribution in [0.4, 0.5) is 10.6 Å². The van der Waals surface area contributed by atoms with Gasteiger partial charge in [-0.3, -0.25) is 4.79 Å². The lowest BCUT2D eigenvalue weighted by Crippen LogP contribution is -2.50. The molecule has 0 bridgehead atoms. The maximum Gasteiger partial charge on any atom is 0.410 e. The highest BCUT2D eigenvalue weighted by atomic mass is 35.5. The molecule has 2 aliphatic heterocycles. The van der Waals surface area contributed by atoms with Gasteiger partial charge in [0.2, 0.25) is 0 Å². The lowest BCUT2D eigenvalue weighted by molar-refractivity contribution is 0.0240. The molecule has 1 aromatic carbocycles. The average Bonchev–Trinajstić information content (AvgIpc) is 2.87. The van der Waals surface area contributed by atoms with E-state index in [2.05, 4.69) is 11.1 Å². The molecule has 0 saturated carbocycles. The molecule has 2 saturated heterocycles. The van der Waals surface area contributed by atoms with E-state index < -0.39 is 5.60 Å². The number of hydrogen-bond donors (Lipinski definition) is 0. The fourth-order valence-electron chi connectivity index (χ4n) is 4.51. The average molecular weight is 510 g/mol. The van der Waals surface area contributed by atoms with Crippen molar-refractivity contribution in [3.63, 3.8) is 0 Å². The first-order valence-corrected chi connectivity index (χ1v) is 12.8. The highest BCUT2D eigenvalue weighted by molar-refractivity contribution is 6.34. The molecular formula is C27H32ClN5O3. The van der Waals surface area contributed by atoms with Gasteiger partial charge < -0.3 is 19.4 Å². The van der Waals surface area contributed by atoms with Crippen LogP contribution in [0.15, 0.2) is 30.5 Å². The van der Waals surface area contributed by atoms with Gasteiger partial charge in [-0.25, -0.2) is 9.78 Å². The van der Waals surface area contributed by atoms with E-state index in [1.807, 2.05) is 36.6 Å². The van der Waals surface area contributed by atoms with E-state index >= 15 is 0 Å². The summed E-state index contributed by atoms with van der Waals surface area (Å²) in [6.45, 7) is 9.16. The van der Waals surface area contributed by atoms with Crippen molar-refractivity contribution in [2.24, 2.45) is 0 Å². The van der Waals surface area contributed by atoms with Crippen LogP contribution in [0.25, 0.3) is 11.1 Å². The highest BCUT2D eigenvalue weighted by Gasteiger charge is 2.27. The number of pyridine rings is 1. The van der Waals surface area contributed by atoms with Crippen LogP contribution in [0.1, 0.15) is 56.0 Å². The maximum absolute atomic E-state index is 12.9. The van der Waals surface area contributed by atoms with Gasteiger partial charge >= 0.3 is 6.09 Å². The molecule has 0 aliphatic carbocycles. The van der Waals surface area contributed by atoms with Crippen molar-refractivity contribution in [1.82, 2.24) is 14.8 Å². The van der Waals surface area contributed by atoms with Crippen LogP contribution in [-0.4, -0.2) is 71.7 Å². The second-order valence-corrected chi connectivity index (χ2v) is 10.6. The van der Waals surface area contributed by atoms with Crippen LogP contribution in [0.5, 0.6) is 0 Å². The fraction of sp³-hybridized carbons (Fsp3) is 0.481. The lowest BCUT2D eigenvalue weighted by Gasteiger charge is -2.36. The molecule has 190 valence electrons. The standard InChI is InChI=1S/C27H32ClN5O3/c1-27(2,3)36-26(35)33-13-11-31(12-14-33)24-20(17-29)15-21(18-30-24)19-7-8-22(23(28)16-19)25(34)32-9-5-4-6-10-32/h7-8,15-16,18H,4-6,9-14H2,1-3H3. The van der Waals surface area contributed by atoms with Crippen molar-refractivity contribution >= 4 is 29.4 Å². The molecule has 36 heavy (non-hydrogen) atoms. The Kier molecular flexibility index (Phi) is 7.70.